The Morgan fingerprint density at radius 3 is 2.48 bits per heavy atom. The van der Waals surface area contributed by atoms with Gasteiger partial charge in [0.05, 0.1) is 13.3 Å². The summed E-state index contributed by atoms with van der Waals surface area (Å²) in [6.45, 7) is 0. The third-order valence-electron chi connectivity index (χ3n) is 3.25. The molecule has 0 spiro atoms. The molecule has 0 saturated heterocycles. The molecule has 0 fully saturated rings. The van der Waals surface area contributed by atoms with E-state index in [9.17, 15) is 4.39 Å². The molecule has 1 heterocycles. The zero-order valence-electron chi connectivity index (χ0n) is 12.3. The van der Waals surface area contributed by atoms with E-state index < -0.39 is 0 Å². The van der Waals surface area contributed by atoms with Crippen molar-refractivity contribution in [3.63, 3.8) is 0 Å². The van der Waals surface area contributed by atoms with Gasteiger partial charge in [-0.1, -0.05) is 23.7 Å². The minimum atomic E-state index is -0.300. The Hall–Kier alpha value is -2.59. The Balaban J connectivity index is 1.83. The average Bonchev–Trinajstić information content (AvgIpc) is 3.06. The first-order valence-corrected chi connectivity index (χ1v) is 7.27. The van der Waals surface area contributed by atoms with E-state index in [0.717, 1.165) is 16.9 Å². The molecule has 3 nitrogen and oxygen atoms in total. The van der Waals surface area contributed by atoms with Crippen molar-refractivity contribution >= 4 is 22.7 Å². The van der Waals surface area contributed by atoms with Gasteiger partial charge in [0, 0.05) is 5.56 Å². The van der Waals surface area contributed by atoms with Crippen LogP contribution in [0.2, 0.25) is 0 Å². The summed E-state index contributed by atoms with van der Waals surface area (Å²) in [7, 11) is 1.61. The summed E-state index contributed by atoms with van der Waals surface area (Å²) in [5.41, 5.74) is 1.64. The van der Waals surface area contributed by atoms with E-state index >= 15 is 0 Å². The number of hydrogen-bond acceptors (Lipinski definition) is 3. The van der Waals surface area contributed by atoms with E-state index in [2.05, 4.69) is 4.98 Å². The number of aromatic nitrogens is 1. The van der Waals surface area contributed by atoms with Crippen molar-refractivity contribution < 1.29 is 13.5 Å². The lowest BCUT2D eigenvalue weighted by Crippen LogP contribution is -1.82. The number of methoxy groups -OCH3 is 1. The third-order valence-corrected chi connectivity index (χ3v) is 3.52. The lowest BCUT2D eigenvalue weighted by molar-refractivity contribution is 0.415. The molecule has 0 saturated carbocycles. The smallest absolute Gasteiger partial charge is 0.238 e. The molecule has 1 aromatic heterocycles. The highest BCUT2D eigenvalue weighted by atomic mass is 35.5. The fraction of sp³-hybridized carbons (Fsp3) is 0.0556. The van der Waals surface area contributed by atoms with E-state index in [1.807, 2.05) is 24.3 Å². The third kappa shape index (κ3) is 3.60. The van der Waals surface area contributed by atoms with Crippen molar-refractivity contribution in [2.45, 2.75) is 0 Å². The van der Waals surface area contributed by atoms with Crippen LogP contribution in [-0.4, -0.2) is 12.1 Å². The van der Waals surface area contributed by atoms with E-state index in [4.69, 9.17) is 20.8 Å². The number of rotatable bonds is 4. The van der Waals surface area contributed by atoms with Gasteiger partial charge in [-0.05, 0) is 48.0 Å². The van der Waals surface area contributed by atoms with Crippen molar-refractivity contribution in [3.05, 3.63) is 72.0 Å². The van der Waals surface area contributed by atoms with Crippen molar-refractivity contribution in [3.8, 4) is 17.1 Å². The normalized spacial score (nSPS) is 11.5. The van der Waals surface area contributed by atoms with Gasteiger partial charge >= 0.3 is 0 Å². The number of benzene rings is 2. The van der Waals surface area contributed by atoms with Crippen LogP contribution in [0.15, 0.2) is 59.1 Å². The monoisotopic (exact) mass is 329 g/mol. The molecule has 116 valence electrons. The fourth-order valence-electron chi connectivity index (χ4n) is 2.04. The summed E-state index contributed by atoms with van der Waals surface area (Å²) in [5, 5.41) is 0.378. The Morgan fingerprint density at radius 1 is 1.13 bits per heavy atom. The van der Waals surface area contributed by atoms with Gasteiger partial charge in [-0.15, -0.1) is 0 Å². The van der Waals surface area contributed by atoms with Crippen molar-refractivity contribution in [2.75, 3.05) is 7.11 Å². The Kier molecular flexibility index (Phi) is 4.44. The number of ether oxygens (including phenoxy) is 1. The van der Waals surface area contributed by atoms with Gasteiger partial charge in [-0.3, -0.25) is 0 Å². The van der Waals surface area contributed by atoms with Crippen LogP contribution in [0.25, 0.3) is 22.4 Å². The molecular formula is C18H13ClFNO2. The van der Waals surface area contributed by atoms with Gasteiger partial charge < -0.3 is 9.15 Å². The lowest BCUT2D eigenvalue weighted by atomic mass is 10.2. The number of nitrogens with zero attached hydrogens (tertiary/aromatic N) is 1. The zero-order valence-corrected chi connectivity index (χ0v) is 13.0. The predicted molar refractivity (Wildman–Crippen MR) is 88.6 cm³/mol. The van der Waals surface area contributed by atoms with E-state index in [1.54, 1.807) is 31.5 Å². The largest absolute Gasteiger partial charge is 0.497 e. The highest BCUT2D eigenvalue weighted by Gasteiger charge is 2.09. The maximum atomic E-state index is 12.9. The molecule has 5 heteroatoms. The molecule has 3 rings (SSSR count). The Bertz CT molecular complexity index is 823. The number of halogens is 2. The van der Waals surface area contributed by atoms with E-state index in [1.165, 1.54) is 12.1 Å². The highest BCUT2D eigenvalue weighted by molar-refractivity contribution is 6.50. The fourth-order valence-corrected chi connectivity index (χ4v) is 2.25. The second-order valence-corrected chi connectivity index (χ2v) is 5.21. The molecule has 0 radical (unpaired) electrons. The summed E-state index contributed by atoms with van der Waals surface area (Å²) in [4.78, 5) is 4.16. The van der Waals surface area contributed by atoms with Gasteiger partial charge in [0.1, 0.15) is 16.6 Å². The molecule has 0 bridgehead atoms. The van der Waals surface area contributed by atoms with E-state index in [0.29, 0.717) is 16.7 Å². The molecule has 0 aliphatic heterocycles. The lowest BCUT2D eigenvalue weighted by Gasteiger charge is -2.00. The predicted octanol–water partition coefficient (Wildman–Crippen LogP) is 5.23. The van der Waals surface area contributed by atoms with Crippen molar-refractivity contribution in [1.29, 1.82) is 0 Å². The minimum absolute atomic E-state index is 0.300. The standard InChI is InChI=1S/C18H13ClFNO2/c1-22-15-8-2-12(3-9-15)10-16(19)18-21-11-17(23-18)13-4-6-14(20)7-5-13/h2-11H,1H3/b16-10+. The number of hydrogen-bond donors (Lipinski definition) is 0. The molecule has 23 heavy (non-hydrogen) atoms. The van der Waals surface area contributed by atoms with Gasteiger partial charge in [0.25, 0.3) is 0 Å². The van der Waals surface area contributed by atoms with Gasteiger partial charge in [0.2, 0.25) is 5.89 Å². The summed E-state index contributed by atoms with van der Waals surface area (Å²) < 4.78 is 23.7. The van der Waals surface area contributed by atoms with Crippen LogP contribution in [0, 0.1) is 5.82 Å². The molecule has 3 aromatic rings. The molecular weight excluding hydrogens is 317 g/mol. The van der Waals surface area contributed by atoms with Crippen LogP contribution in [0.1, 0.15) is 11.5 Å². The summed E-state index contributed by atoms with van der Waals surface area (Å²) in [5.74, 6) is 1.31. The molecule has 0 amide bonds. The number of oxazole rings is 1. The molecule has 0 unspecified atom stereocenters. The Labute approximate surface area is 138 Å². The molecule has 0 N–H and O–H groups in total. The second kappa shape index (κ2) is 6.67. The molecule has 0 atom stereocenters. The van der Waals surface area contributed by atoms with Crippen LogP contribution in [-0.2, 0) is 0 Å². The average molecular weight is 330 g/mol. The second-order valence-electron chi connectivity index (χ2n) is 4.80. The topological polar surface area (TPSA) is 35.3 Å². The molecule has 0 aliphatic carbocycles. The van der Waals surface area contributed by atoms with Gasteiger partial charge in [0.15, 0.2) is 5.76 Å². The maximum Gasteiger partial charge on any atom is 0.238 e. The van der Waals surface area contributed by atoms with E-state index in [-0.39, 0.29) is 5.82 Å². The molecule has 2 aromatic carbocycles. The van der Waals surface area contributed by atoms with Crippen LogP contribution >= 0.6 is 11.6 Å². The first kappa shape index (κ1) is 15.3. The first-order chi connectivity index (χ1) is 11.2. The highest BCUT2D eigenvalue weighted by Crippen LogP contribution is 2.27. The molecule has 0 aliphatic rings. The van der Waals surface area contributed by atoms with Crippen molar-refractivity contribution in [2.24, 2.45) is 0 Å². The SMILES string of the molecule is COc1ccc(/C=C(/Cl)c2ncc(-c3ccc(F)cc3)o2)cc1. The van der Waals surface area contributed by atoms with Crippen molar-refractivity contribution in [1.82, 2.24) is 4.98 Å². The van der Waals surface area contributed by atoms with Crippen LogP contribution < -0.4 is 4.74 Å². The summed E-state index contributed by atoms with van der Waals surface area (Å²) >= 11 is 6.25. The van der Waals surface area contributed by atoms with Gasteiger partial charge in [-0.2, -0.15) is 0 Å². The zero-order chi connectivity index (χ0) is 16.2. The summed E-state index contributed by atoms with van der Waals surface area (Å²) in [6, 6.07) is 13.4. The Morgan fingerprint density at radius 2 is 1.83 bits per heavy atom. The quantitative estimate of drug-likeness (QED) is 0.657. The maximum absolute atomic E-state index is 12.9. The van der Waals surface area contributed by atoms with Gasteiger partial charge in [-0.25, -0.2) is 9.37 Å². The first-order valence-electron chi connectivity index (χ1n) is 6.89. The van der Waals surface area contributed by atoms with Crippen LogP contribution in [0.5, 0.6) is 5.75 Å². The summed E-state index contributed by atoms with van der Waals surface area (Å²) in [6.07, 6.45) is 3.31. The van der Waals surface area contributed by atoms with Crippen LogP contribution in [0.4, 0.5) is 4.39 Å². The van der Waals surface area contributed by atoms with Crippen LogP contribution in [0.3, 0.4) is 0 Å². The minimum Gasteiger partial charge on any atom is -0.497 e.